The van der Waals surface area contributed by atoms with Gasteiger partial charge in [-0.05, 0) is 12.0 Å². The Labute approximate surface area is 76.1 Å². The van der Waals surface area contributed by atoms with Gasteiger partial charge in [-0.1, -0.05) is 6.08 Å². The summed E-state index contributed by atoms with van der Waals surface area (Å²) in [6.45, 7) is 1.42. The molecule has 0 spiro atoms. The van der Waals surface area contributed by atoms with Crippen LogP contribution in [0.1, 0.15) is 12.8 Å². The maximum absolute atomic E-state index is 10.6. The molecule has 13 heavy (non-hydrogen) atoms. The molecule has 0 aromatic rings. The number of rotatable bonds is 5. The molecule has 0 aromatic carbocycles. The first-order valence-electron chi connectivity index (χ1n) is 4.39. The molecule has 2 heterocycles. The van der Waals surface area contributed by atoms with E-state index in [0.717, 1.165) is 6.61 Å². The van der Waals surface area contributed by atoms with Gasteiger partial charge < -0.3 is 19.4 Å². The van der Waals surface area contributed by atoms with Gasteiger partial charge in [0.2, 0.25) is 0 Å². The third-order valence-electron chi connectivity index (χ3n) is 2.14. The quantitative estimate of drug-likeness (QED) is 0.415. The van der Waals surface area contributed by atoms with Crippen LogP contribution in [0.5, 0.6) is 0 Å². The summed E-state index contributed by atoms with van der Waals surface area (Å²) in [5.41, 5.74) is 0.345. The highest BCUT2D eigenvalue weighted by atomic mass is 16.6. The van der Waals surface area contributed by atoms with Crippen LogP contribution >= 0.6 is 0 Å². The van der Waals surface area contributed by atoms with Crippen molar-refractivity contribution in [1.82, 2.24) is 0 Å². The van der Waals surface area contributed by atoms with Crippen molar-refractivity contribution in [2.75, 3.05) is 13.2 Å². The first kappa shape index (κ1) is 8.72. The van der Waals surface area contributed by atoms with Crippen LogP contribution < -0.4 is 5.11 Å². The Hall–Kier alpha value is -0.870. The topological polar surface area (TPSA) is 65.2 Å². The number of hydrogen-bond acceptors (Lipinski definition) is 4. The highest BCUT2D eigenvalue weighted by molar-refractivity contribution is 5.84. The highest BCUT2D eigenvalue weighted by Gasteiger charge is 2.25. The van der Waals surface area contributed by atoms with Crippen molar-refractivity contribution < 1.29 is 19.4 Å². The van der Waals surface area contributed by atoms with E-state index in [4.69, 9.17) is 9.47 Å². The van der Waals surface area contributed by atoms with Crippen LogP contribution in [0.4, 0.5) is 0 Å². The molecule has 0 bridgehead atoms. The van der Waals surface area contributed by atoms with E-state index in [1.165, 1.54) is 0 Å². The van der Waals surface area contributed by atoms with Gasteiger partial charge in [0.1, 0.15) is 0 Å². The van der Waals surface area contributed by atoms with Crippen LogP contribution in [-0.2, 0) is 14.3 Å². The number of epoxide rings is 2. The summed E-state index contributed by atoms with van der Waals surface area (Å²) in [4.78, 5) is 10.6. The smallest absolute Gasteiger partial charge is 0.0850 e. The molecule has 2 rings (SSSR count). The van der Waals surface area contributed by atoms with E-state index in [-0.39, 0.29) is 12.2 Å². The Morgan fingerprint density at radius 3 is 2.46 bits per heavy atom. The van der Waals surface area contributed by atoms with Crippen molar-refractivity contribution in [3.63, 3.8) is 0 Å². The van der Waals surface area contributed by atoms with Gasteiger partial charge in [-0.25, -0.2) is 0 Å². The zero-order valence-corrected chi connectivity index (χ0v) is 7.19. The number of ether oxygens (including phenoxy) is 2. The molecule has 2 aliphatic rings. The molecule has 0 amide bonds. The van der Waals surface area contributed by atoms with Gasteiger partial charge >= 0.3 is 0 Å². The number of hydrogen-bond donors (Lipinski definition) is 0. The SMILES string of the molecule is O=C([O-])/C(=C\CC1CO1)CC1CO1. The monoisotopic (exact) mass is 183 g/mol. The Balaban J connectivity index is 1.85. The molecule has 0 aliphatic carbocycles. The molecule has 2 atom stereocenters. The predicted octanol–water partition coefficient (Wildman–Crippen LogP) is -0.759. The number of carboxylic acid groups (broad SMARTS) is 1. The average Bonchev–Trinajstić information content (AvgIpc) is 2.92. The average molecular weight is 183 g/mol. The van der Waals surface area contributed by atoms with Gasteiger partial charge in [-0.15, -0.1) is 0 Å². The number of aliphatic carboxylic acids is 1. The van der Waals surface area contributed by atoms with E-state index >= 15 is 0 Å². The fourth-order valence-electron chi connectivity index (χ4n) is 1.16. The first-order chi connectivity index (χ1) is 6.25. The zero-order chi connectivity index (χ0) is 9.26. The van der Waals surface area contributed by atoms with Crippen molar-refractivity contribution in [1.29, 1.82) is 0 Å². The van der Waals surface area contributed by atoms with E-state index in [1.807, 2.05) is 0 Å². The molecule has 2 fully saturated rings. The van der Waals surface area contributed by atoms with Crippen molar-refractivity contribution in [3.05, 3.63) is 11.6 Å². The summed E-state index contributed by atoms with van der Waals surface area (Å²) in [7, 11) is 0. The van der Waals surface area contributed by atoms with E-state index in [1.54, 1.807) is 6.08 Å². The zero-order valence-electron chi connectivity index (χ0n) is 7.19. The summed E-state index contributed by atoms with van der Waals surface area (Å²) in [5.74, 6) is -1.09. The van der Waals surface area contributed by atoms with Crippen LogP contribution in [0.15, 0.2) is 11.6 Å². The van der Waals surface area contributed by atoms with E-state index in [0.29, 0.717) is 25.0 Å². The molecular formula is C9H11O4-. The fraction of sp³-hybridized carbons (Fsp3) is 0.667. The number of carbonyl (C=O) groups is 1. The lowest BCUT2D eigenvalue weighted by Gasteiger charge is -2.05. The molecule has 0 saturated carbocycles. The molecule has 4 heteroatoms. The first-order valence-corrected chi connectivity index (χ1v) is 4.39. The largest absolute Gasteiger partial charge is 0.545 e. The molecule has 0 aromatic heterocycles. The van der Waals surface area contributed by atoms with Crippen LogP contribution in [-0.4, -0.2) is 31.4 Å². The van der Waals surface area contributed by atoms with Gasteiger partial charge in [0.15, 0.2) is 0 Å². The van der Waals surface area contributed by atoms with Gasteiger partial charge in [0.05, 0.1) is 31.4 Å². The van der Waals surface area contributed by atoms with E-state index in [2.05, 4.69) is 0 Å². The highest BCUT2D eigenvalue weighted by Crippen LogP contribution is 2.21. The second kappa shape index (κ2) is 3.47. The molecule has 4 nitrogen and oxygen atoms in total. The summed E-state index contributed by atoms with van der Waals surface area (Å²) < 4.78 is 9.92. The Bertz CT molecular complexity index is 238. The molecular weight excluding hydrogens is 172 g/mol. The maximum atomic E-state index is 10.6. The maximum Gasteiger partial charge on any atom is 0.0850 e. The van der Waals surface area contributed by atoms with Gasteiger partial charge in [-0.3, -0.25) is 0 Å². The normalized spacial score (nSPS) is 31.5. The molecule has 0 N–H and O–H groups in total. The lowest BCUT2D eigenvalue weighted by molar-refractivity contribution is -0.299. The van der Waals surface area contributed by atoms with Crippen molar-refractivity contribution >= 4 is 5.97 Å². The molecule has 2 unspecified atom stereocenters. The summed E-state index contributed by atoms with van der Waals surface area (Å²) in [5, 5.41) is 10.6. The fourth-order valence-corrected chi connectivity index (χ4v) is 1.16. The standard InChI is InChI=1S/C9H12O4/c10-9(11)6(3-8-5-13-8)1-2-7-4-12-7/h1,7-8H,2-5H2,(H,10,11)/p-1/b6-1-. The summed E-state index contributed by atoms with van der Waals surface area (Å²) >= 11 is 0. The van der Waals surface area contributed by atoms with Crippen molar-refractivity contribution in [2.24, 2.45) is 0 Å². The third-order valence-corrected chi connectivity index (χ3v) is 2.14. The number of carboxylic acids is 1. The molecule has 2 saturated heterocycles. The van der Waals surface area contributed by atoms with Gasteiger partial charge in [0, 0.05) is 6.42 Å². The second-order valence-electron chi connectivity index (χ2n) is 3.37. The lowest BCUT2D eigenvalue weighted by Crippen LogP contribution is -2.25. The predicted molar refractivity (Wildman–Crippen MR) is 41.8 cm³/mol. The van der Waals surface area contributed by atoms with Gasteiger partial charge in [-0.2, -0.15) is 0 Å². The molecule has 0 radical (unpaired) electrons. The van der Waals surface area contributed by atoms with E-state index < -0.39 is 5.97 Å². The third kappa shape index (κ3) is 2.82. The van der Waals surface area contributed by atoms with Gasteiger partial charge in [0.25, 0.3) is 0 Å². The minimum absolute atomic E-state index is 0.101. The molecule has 2 aliphatic heterocycles. The van der Waals surface area contributed by atoms with Crippen molar-refractivity contribution in [3.8, 4) is 0 Å². The Morgan fingerprint density at radius 1 is 1.38 bits per heavy atom. The summed E-state index contributed by atoms with van der Waals surface area (Å²) in [6.07, 6.45) is 3.17. The number of carbonyl (C=O) groups excluding carboxylic acids is 1. The van der Waals surface area contributed by atoms with Crippen LogP contribution in [0.3, 0.4) is 0 Å². The minimum atomic E-state index is -1.09. The van der Waals surface area contributed by atoms with Crippen LogP contribution in [0.2, 0.25) is 0 Å². The second-order valence-corrected chi connectivity index (χ2v) is 3.37. The summed E-state index contributed by atoms with van der Waals surface area (Å²) in [6, 6.07) is 0. The van der Waals surface area contributed by atoms with Crippen LogP contribution in [0, 0.1) is 0 Å². The Kier molecular flexibility index (Phi) is 2.33. The van der Waals surface area contributed by atoms with Crippen molar-refractivity contribution in [2.45, 2.75) is 25.0 Å². The molecule has 72 valence electrons. The minimum Gasteiger partial charge on any atom is -0.545 e. The van der Waals surface area contributed by atoms with Crippen LogP contribution in [0.25, 0.3) is 0 Å². The van der Waals surface area contributed by atoms with E-state index in [9.17, 15) is 9.90 Å². The lowest BCUT2D eigenvalue weighted by atomic mass is 10.1. The Morgan fingerprint density at radius 2 is 2.00 bits per heavy atom.